The third-order valence-corrected chi connectivity index (χ3v) is 2.43. The number of carbonyl (C=O) groups is 2. The number of carboxylic acids is 2. The van der Waals surface area contributed by atoms with Crippen molar-refractivity contribution in [3.8, 4) is 5.75 Å². The van der Waals surface area contributed by atoms with Gasteiger partial charge < -0.3 is 15.3 Å². The number of hydrogen-bond acceptors (Lipinski definition) is 3. The van der Waals surface area contributed by atoms with Crippen LogP contribution >= 0.6 is 0 Å². The number of carboxylic acid groups (broad SMARTS) is 2. The van der Waals surface area contributed by atoms with Gasteiger partial charge in [0.2, 0.25) is 0 Å². The molecule has 0 spiro atoms. The summed E-state index contributed by atoms with van der Waals surface area (Å²) in [5.41, 5.74) is -0.144. The minimum atomic E-state index is -1.18. The Hall–Kier alpha value is -2.56. The molecule has 0 saturated carbocycles. The van der Waals surface area contributed by atoms with Crippen molar-refractivity contribution < 1.29 is 24.9 Å². The summed E-state index contributed by atoms with van der Waals surface area (Å²) in [5.74, 6) is -2.70. The van der Waals surface area contributed by atoms with Crippen LogP contribution < -0.4 is 0 Å². The lowest BCUT2D eigenvalue weighted by atomic mass is 10.0. The minimum Gasteiger partial charge on any atom is -0.507 e. The number of aromatic hydroxyl groups is 1. The molecule has 0 unspecified atom stereocenters. The van der Waals surface area contributed by atoms with Gasteiger partial charge in [0.15, 0.2) is 0 Å². The number of benzene rings is 2. The van der Waals surface area contributed by atoms with E-state index in [0.29, 0.717) is 5.39 Å². The predicted octanol–water partition coefficient (Wildman–Crippen LogP) is 1.94. The number of aromatic carboxylic acids is 2. The summed E-state index contributed by atoms with van der Waals surface area (Å²) in [7, 11) is 0. The number of rotatable bonds is 2. The van der Waals surface area contributed by atoms with Gasteiger partial charge in [-0.2, -0.15) is 0 Å². The van der Waals surface area contributed by atoms with E-state index in [2.05, 4.69) is 0 Å². The Bertz CT molecular complexity index is 630. The van der Waals surface area contributed by atoms with Crippen molar-refractivity contribution in [1.29, 1.82) is 0 Å². The Kier molecular flexibility index (Phi) is 2.44. The van der Waals surface area contributed by atoms with Gasteiger partial charge >= 0.3 is 11.9 Å². The Morgan fingerprint density at radius 2 is 1.71 bits per heavy atom. The van der Waals surface area contributed by atoms with Crippen LogP contribution in [0, 0.1) is 0 Å². The van der Waals surface area contributed by atoms with Crippen molar-refractivity contribution >= 4 is 22.7 Å². The Labute approximate surface area is 95.5 Å². The second-order valence-corrected chi connectivity index (χ2v) is 3.51. The van der Waals surface area contributed by atoms with Crippen LogP contribution in [0.15, 0.2) is 30.3 Å². The summed E-state index contributed by atoms with van der Waals surface area (Å²) in [6, 6.07) is 6.76. The molecule has 86 valence electrons. The maximum absolute atomic E-state index is 11.0. The molecule has 0 aromatic heterocycles. The molecule has 2 rings (SSSR count). The molecular weight excluding hydrogens is 224 g/mol. The first-order chi connectivity index (χ1) is 8.00. The molecule has 0 radical (unpaired) electrons. The van der Waals surface area contributed by atoms with E-state index in [1.165, 1.54) is 18.2 Å². The van der Waals surface area contributed by atoms with Crippen molar-refractivity contribution in [1.82, 2.24) is 0 Å². The van der Waals surface area contributed by atoms with Crippen LogP contribution in [-0.2, 0) is 0 Å². The molecular formula is C12H8O5. The maximum Gasteiger partial charge on any atom is 0.336 e. The highest BCUT2D eigenvalue weighted by molar-refractivity contribution is 6.08. The summed E-state index contributed by atoms with van der Waals surface area (Å²) in [4.78, 5) is 21.7. The van der Waals surface area contributed by atoms with Crippen molar-refractivity contribution in [2.45, 2.75) is 0 Å². The number of phenolic OH excluding ortho intramolecular Hbond substituents is 1. The van der Waals surface area contributed by atoms with Gasteiger partial charge in [-0.25, -0.2) is 9.59 Å². The fourth-order valence-electron chi connectivity index (χ4n) is 1.71. The molecule has 0 amide bonds. The molecule has 0 saturated heterocycles. The molecule has 5 heteroatoms. The van der Waals surface area contributed by atoms with E-state index in [-0.39, 0.29) is 22.3 Å². The smallest absolute Gasteiger partial charge is 0.336 e. The van der Waals surface area contributed by atoms with Gasteiger partial charge in [0, 0.05) is 5.39 Å². The Morgan fingerprint density at radius 3 is 2.29 bits per heavy atom. The van der Waals surface area contributed by atoms with Crippen molar-refractivity contribution in [3.63, 3.8) is 0 Å². The van der Waals surface area contributed by atoms with Gasteiger partial charge in [0.05, 0.1) is 11.1 Å². The molecule has 0 heterocycles. The average molecular weight is 232 g/mol. The van der Waals surface area contributed by atoms with Gasteiger partial charge in [0.25, 0.3) is 0 Å². The zero-order valence-electron chi connectivity index (χ0n) is 8.54. The average Bonchev–Trinajstić information content (AvgIpc) is 2.27. The van der Waals surface area contributed by atoms with Gasteiger partial charge in [-0.15, -0.1) is 0 Å². The lowest BCUT2D eigenvalue weighted by Crippen LogP contribution is -2.00. The molecule has 0 fully saturated rings. The molecule has 0 aliphatic rings. The van der Waals surface area contributed by atoms with E-state index in [1.807, 2.05) is 0 Å². The zero-order chi connectivity index (χ0) is 12.6. The summed E-state index contributed by atoms with van der Waals surface area (Å²) in [6.07, 6.45) is 0. The number of phenols is 1. The summed E-state index contributed by atoms with van der Waals surface area (Å²) in [6.45, 7) is 0. The van der Waals surface area contributed by atoms with E-state index in [1.54, 1.807) is 6.07 Å². The second kappa shape index (κ2) is 3.79. The second-order valence-electron chi connectivity index (χ2n) is 3.51. The monoisotopic (exact) mass is 232 g/mol. The summed E-state index contributed by atoms with van der Waals surface area (Å²) in [5, 5.41) is 28.0. The van der Waals surface area contributed by atoms with Crippen LogP contribution in [0.2, 0.25) is 0 Å². The van der Waals surface area contributed by atoms with Crippen LogP contribution in [0.3, 0.4) is 0 Å². The van der Waals surface area contributed by atoms with E-state index in [4.69, 9.17) is 10.2 Å². The predicted molar refractivity (Wildman–Crippen MR) is 59.5 cm³/mol. The molecule has 17 heavy (non-hydrogen) atoms. The Balaban J connectivity index is 2.85. The van der Waals surface area contributed by atoms with Crippen molar-refractivity contribution in [2.24, 2.45) is 0 Å². The highest BCUT2D eigenvalue weighted by atomic mass is 16.4. The maximum atomic E-state index is 11.0. The van der Waals surface area contributed by atoms with Gasteiger partial charge in [-0.05, 0) is 23.6 Å². The minimum absolute atomic E-state index is 0.0584. The fraction of sp³-hybridized carbons (Fsp3) is 0. The van der Waals surface area contributed by atoms with Crippen molar-refractivity contribution in [3.05, 3.63) is 41.5 Å². The van der Waals surface area contributed by atoms with E-state index in [0.717, 1.165) is 6.07 Å². The molecule has 0 atom stereocenters. The molecule has 5 nitrogen and oxygen atoms in total. The quantitative estimate of drug-likeness (QED) is 0.735. The molecule has 0 bridgehead atoms. The van der Waals surface area contributed by atoms with Crippen molar-refractivity contribution in [2.75, 3.05) is 0 Å². The summed E-state index contributed by atoms with van der Waals surface area (Å²) < 4.78 is 0. The van der Waals surface area contributed by atoms with Crippen LogP contribution in [-0.4, -0.2) is 27.3 Å². The first-order valence-electron chi connectivity index (χ1n) is 4.73. The van der Waals surface area contributed by atoms with Crippen LogP contribution in [0.4, 0.5) is 0 Å². The largest absolute Gasteiger partial charge is 0.507 e. The third kappa shape index (κ3) is 1.78. The van der Waals surface area contributed by atoms with E-state index < -0.39 is 11.9 Å². The third-order valence-electron chi connectivity index (χ3n) is 2.43. The normalized spacial score (nSPS) is 10.4. The first-order valence-corrected chi connectivity index (χ1v) is 4.73. The summed E-state index contributed by atoms with van der Waals surface area (Å²) >= 11 is 0. The van der Waals surface area contributed by atoms with Crippen LogP contribution in [0.25, 0.3) is 10.8 Å². The standard InChI is InChI=1S/C12H8O5/c13-9-5-7(11(14)15)4-6-2-1-3-8(10(6)9)12(16)17/h1-5,13H,(H,14,15)(H,16,17). The molecule has 2 aromatic rings. The SMILES string of the molecule is O=C(O)c1cc(O)c2c(C(=O)O)cccc2c1. The molecule has 2 aromatic carbocycles. The molecule has 0 aliphatic heterocycles. The topological polar surface area (TPSA) is 94.8 Å². The number of hydrogen-bond donors (Lipinski definition) is 3. The van der Waals surface area contributed by atoms with Crippen LogP contribution in [0.1, 0.15) is 20.7 Å². The Morgan fingerprint density at radius 1 is 1.00 bits per heavy atom. The fourth-order valence-corrected chi connectivity index (χ4v) is 1.71. The lowest BCUT2D eigenvalue weighted by Gasteiger charge is -2.06. The first kappa shape index (κ1) is 10.9. The van der Waals surface area contributed by atoms with Gasteiger partial charge in [0.1, 0.15) is 5.75 Å². The van der Waals surface area contributed by atoms with E-state index >= 15 is 0 Å². The molecule has 3 N–H and O–H groups in total. The zero-order valence-corrected chi connectivity index (χ0v) is 8.54. The van der Waals surface area contributed by atoms with Gasteiger partial charge in [-0.1, -0.05) is 12.1 Å². The molecule has 0 aliphatic carbocycles. The van der Waals surface area contributed by atoms with E-state index in [9.17, 15) is 14.7 Å². The highest BCUT2D eigenvalue weighted by Crippen LogP contribution is 2.29. The van der Waals surface area contributed by atoms with Gasteiger partial charge in [-0.3, -0.25) is 0 Å². The highest BCUT2D eigenvalue weighted by Gasteiger charge is 2.14. The van der Waals surface area contributed by atoms with Crippen LogP contribution in [0.5, 0.6) is 5.75 Å². The number of fused-ring (bicyclic) bond motifs is 1. The lowest BCUT2D eigenvalue weighted by molar-refractivity contribution is 0.0688.